The van der Waals surface area contributed by atoms with Crippen LogP contribution in [-0.2, 0) is 0 Å². The highest BCUT2D eigenvalue weighted by atomic mass is 35.5. The summed E-state index contributed by atoms with van der Waals surface area (Å²) < 4.78 is 11.8. The molecule has 0 amide bonds. The average Bonchev–Trinajstić information content (AvgIpc) is 1.56. The molecule has 0 fully saturated rings. The van der Waals surface area contributed by atoms with Crippen molar-refractivity contribution in [2.45, 2.75) is 0 Å². The highest BCUT2D eigenvalue weighted by Gasteiger charge is 2.22. The van der Waals surface area contributed by atoms with Gasteiger partial charge in [-0.15, -0.1) is 0 Å². The number of para-hydroxylation sites is 6. The van der Waals surface area contributed by atoms with Gasteiger partial charge in [-0.1, -0.05) is 418 Å². The van der Waals surface area contributed by atoms with Gasteiger partial charge < -0.3 is 28.4 Å². The fraction of sp³-hybridized carbons (Fsp3) is 0. The van der Waals surface area contributed by atoms with E-state index < -0.39 is 0 Å². The molecule has 7 aromatic heterocycles. The summed E-state index contributed by atoms with van der Waals surface area (Å²) in [6, 6.07) is 177. The van der Waals surface area contributed by atoms with Gasteiger partial charge in [0, 0.05) is 126 Å². The zero-order valence-corrected chi connectivity index (χ0v) is 81.8. The number of halogens is 3. The minimum atomic E-state index is 0.191. The van der Waals surface area contributed by atoms with Gasteiger partial charge in [0.05, 0.1) is 44.5 Å². The Labute approximate surface area is 869 Å². The van der Waals surface area contributed by atoms with Crippen LogP contribution in [0.5, 0.6) is 5.75 Å². The van der Waals surface area contributed by atoms with E-state index in [0.717, 1.165) is 89.4 Å². The first-order chi connectivity index (χ1) is 73.0. The minimum absolute atomic E-state index is 0.191. The van der Waals surface area contributed by atoms with Crippen LogP contribution in [0, 0.1) is 0 Å². The Balaban J connectivity index is 0.000000111. The number of fused-ring (bicyclic) bond motifs is 12. The first kappa shape index (κ1) is 93.1. The fourth-order valence-electron chi connectivity index (χ4n) is 19.1. The quantitative estimate of drug-likeness (QED) is 0.0890. The number of nitrogens with one attached hydrogen (secondary N) is 1. The van der Waals surface area contributed by atoms with E-state index in [1.165, 1.54) is 104 Å². The Morgan fingerprint density at radius 1 is 0.196 bits per heavy atom. The SMILES string of the molecule is Clc1cccc(-c2nc(-c3ccccc3)nc(-c3ccc(-c4ccccc4)cc3)n2)c1.Clc1nc(-c2ccccc2)nc(-c2ccc(-c3ccccc3)cc2)n1.O[B]Oc1cccc(Cl)c1.c1ccc(-c2ccc(-c3cc(-c4cccc(-n5c6ccccc6c6cc(-n7c8ccccc8c8ccccc87)ccc65)c4)nc(-c4ccccc4)n3)cc2)cc1.c1ccc2c(c1)[nH]c1ccc(-n3c4ccccc4c4ccccc43)cc12. The Morgan fingerprint density at radius 3 is 0.919 bits per heavy atom. The maximum absolute atomic E-state index is 8.22. The molecule has 0 aliphatic carbocycles. The second kappa shape index (κ2) is 42.5. The largest absolute Gasteiger partial charge is 0.569 e. The molecule has 0 aliphatic heterocycles. The first-order valence-corrected chi connectivity index (χ1v) is 49.6. The van der Waals surface area contributed by atoms with Gasteiger partial charge in [-0.2, -0.15) is 9.97 Å². The molecule has 18 heteroatoms. The highest BCUT2D eigenvalue weighted by molar-refractivity contribution is 6.31. The summed E-state index contributed by atoms with van der Waals surface area (Å²) in [5.74, 6) is 4.22. The molecule has 1 radical (unpaired) electrons. The summed E-state index contributed by atoms with van der Waals surface area (Å²) >= 11 is 17.9. The second-order valence-electron chi connectivity index (χ2n) is 35.4. The Morgan fingerprint density at radius 2 is 0.486 bits per heavy atom. The predicted molar refractivity (Wildman–Crippen MR) is 610 cm³/mol. The number of aromatic amines is 1. The van der Waals surface area contributed by atoms with Crippen LogP contribution in [0.25, 0.3) is 229 Å². The zero-order chi connectivity index (χ0) is 99.6. The van der Waals surface area contributed by atoms with Crippen LogP contribution >= 0.6 is 34.8 Å². The Kier molecular flexibility index (Phi) is 26.7. The molecule has 7 heterocycles. The van der Waals surface area contributed by atoms with Crippen molar-refractivity contribution in [1.29, 1.82) is 0 Å². The van der Waals surface area contributed by atoms with E-state index in [2.05, 4.69) is 360 Å². The standard InChI is InChI=1S/C52H34N4.C27H18ClN3.C24H16N2.C21H14ClN3.C6H5BClO2/c1-3-14-35(15-4-1)36-26-28-37(29-27-36)46-34-47(54-52(53-46)38-16-5-2-6-17-38)39-18-13-19-40(32-39)55-50-25-12-9-22-44(50)45-33-41(30-31-51(45)55)56-48-23-10-7-20-42(48)43-21-8-11-24-49(43)56;28-24-13-7-12-23(18-24)27-30-25(21-10-5-2-6-11-21)29-26(31-27)22-16-14-20(15-17-22)19-8-3-1-4-9-19;1-4-10-21-17(7-1)20-15-16(13-14-22(20)25-21)26-23-11-5-2-8-18(23)19-9-3-6-12-24(19)26;22-21-24-19(17-9-5-2-6-10-17)23-20(25-21)18-13-11-16(12-14-18)15-7-3-1-4-8-15;8-5-2-1-3-6(4-5)10-7-9/h1-34H;1-18H;1-15,25H;1-14H;1-4,9H. The number of H-pyrrole nitrogens is 1. The molecule has 0 atom stereocenters. The first-order valence-electron chi connectivity index (χ1n) is 48.5. The fourth-order valence-corrected chi connectivity index (χ4v) is 19.7. The summed E-state index contributed by atoms with van der Waals surface area (Å²) in [7, 11) is 0.617. The van der Waals surface area contributed by atoms with Crippen molar-refractivity contribution in [3.05, 3.63) is 531 Å². The van der Waals surface area contributed by atoms with E-state index in [4.69, 9.17) is 64.7 Å². The van der Waals surface area contributed by atoms with Crippen molar-refractivity contribution in [3.63, 3.8) is 0 Å². The number of benzene rings is 20. The van der Waals surface area contributed by atoms with Crippen LogP contribution in [-0.4, -0.2) is 71.3 Å². The molecule has 0 bridgehead atoms. The van der Waals surface area contributed by atoms with Crippen molar-refractivity contribution in [2.24, 2.45) is 0 Å². The van der Waals surface area contributed by atoms with Gasteiger partial charge in [-0.3, -0.25) is 0 Å². The molecule has 14 nitrogen and oxygen atoms in total. The van der Waals surface area contributed by atoms with Gasteiger partial charge in [-0.25, -0.2) is 29.9 Å². The number of hydrogen-bond acceptors (Lipinski definition) is 10. The zero-order valence-electron chi connectivity index (χ0n) is 79.6. The third-order valence-electron chi connectivity index (χ3n) is 26.1. The monoisotopic (exact) mass is 1960 g/mol. The molecule has 20 aromatic carbocycles. The molecular formula is C130H87BCl3N12O2. The van der Waals surface area contributed by atoms with Crippen LogP contribution in [0.2, 0.25) is 15.3 Å². The van der Waals surface area contributed by atoms with Crippen LogP contribution in [0.1, 0.15) is 0 Å². The Bertz CT molecular complexity index is 9350. The van der Waals surface area contributed by atoms with E-state index in [9.17, 15) is 0 Å². The second-order valence-corrected chi connectivity index (χ2v) is 36.6. The van der Waals surface area contributed by atoms with E-state index >= 15 is 0 Å². The van der Waals surface area contributed by atoms with Gasteiger partial charge in [-0.05, 0) is 166 Å². The average molecular weight is 1970 g/mol. The van der Waals surface area contributed by atoms with Crippen LogP contribution in [0.15, 0.2) is 516 Å². The van der Waals surface area contributed by atoms with E-state index in [-0.39, 0.29) is 5.28 Å². The Hall–Kier alpha value is -18.6. The molecule has 2 N–H and O–H groups in total. The predicted octanol–water partition coefficient (Wildman–Crippen LogP) is 33.7. The van der Waals surface area contributed by atoms with Crippen molar-refractivity contribution in [3.8, 4) is 147 Å². The summed E-state index contributed by atoms with van der Waals surface area (Å²) in [6.45, 7) is 0. The minimum Gasteiger partial charge on any atom is -0.537 e. The third-order valence-corrected chi connectivity index (χ3v) is 26.8. The van der Waals surface area contributed by atoms with Gasteiger partial charge in [0.1, 0.15) is 5.75 Å². The van der Waals surface area contributed by atoms with Gasteiger partial charge in [0.2, 0.25) is 5.28 Å². The van der Waals surface area contributed by atoms with Gasteiger partial charge in [0.15, 0.2) is 34.9 Å². The molecule has 703 valence electrons. The van der Waals surface area contributed by atoms with Crippen LogP contribution in [0.4, 0.5) is 0 Å². The van der Waals surface area contributed by atoms with E-state index in [1.807, 2.05) is 170 Å². The lowest BCUT2D eigenvalue weighted by Crippen LogP contribution is -2.00. The number of aromatic nitrogens is 12. The van der Waals surface area contributed by atoms with Gasteiger partial charge >= 0.3 is 7.69 Å². The molecule has 148 heavy (non-hydrogen) atoms. The highest BCUT2D eigenvalue weighted by Crippen LogP contribution is 2.42. The van der Waals surface area contributed by atoms with Crippen molar-refractivity contribution in [2.75, 3.05) is 0 Å². The van der Waals surface area contributed by atoms with E-state index in [1.54, 1.807) is 24.3 Å². The molecule has 0 aliphatic rings. The smallest absolute Gasteiger partial charge is 0.537 e. The lowest BCUT2D eigenvalue weighted by Gasteiger charge is -2.13. The summed E-state index contributed by atoms with van der Waals surface area (Å²) in [6.07, 6.45) is 0. The van der Waals surface area contributed by atoms with E-state index in [0.29, 0.717) is 58.4 Å². The molecule has 27 aromatic rings. The molecule has 0 saturated heterocycles. The summed E-state index contributed by atoms with van der Waals surface area (Å²) in [5.41, 5.74) is 29.3. The normalized spacial score (nSPS) is 11.1. The third kappa shape index (κ3) is 19.8. The number of nitrogens with zero attached hydrogens (tertiary/aromatic N) is 11. The molecule has 0 saturated carbocycles. The lowest BCUT2D eigenvalue weighted by atomic mass is 10.0. The maximum Gasteiger partial charge on any atom is 0.569 e. The topological polar surface area (TPSA) is 163 Å². The summed E-state index contributed by atoms with van der Waals surface area (Å²) in [5, 5.41) is 19.7. The molecular weight excluding hydrogens is 1880 g/mol. The van der Waals surface area contributed by atoms with Crippen LogP contribution < -0.4 is 4.65 Å². The molecule has 27 rings (SSSR count). The van der Waals surface area contributed by atoms with Crippen molar-refractivity contribution in [1.82, 2.24) is 58.6 Å². The number of hydrogen-bond donors (Lipinski definition) is 2. The van der Waals surface area contributed by atoms with Gasteiger partial charge in [0.25, 0.3) is 0 Å². The summed E-state index contributed by atoms with van der Waals surface area (Å²) in [4.78, 5) is 41.1. The lowest BCUT2D eigenvalue weighted by molar-refractivity contribution is 0.454. The van der Waals surface area contributed by atoms with Crippen LogP contribution in [0.3, 0.4) is 0 Å². The number of rotatable bonds is 16. The molecule has 0 spiro atoms. The van der Waals surface area contributed by atoms with Crippen molar-refractivity contribution < 1.29 is 9.68 Å². The molecule has 0 unspecified atom stereocenters. The maximum atomic E-state index is 8.22. The van der Waals surface area contributed by atoms with Crippen molar-refractivity contribution >= 4 is 130 Å².